The molecule has 1 fully saturated rings. The van der Waals surface area contributed by atoms with Crippen LogP contribution in [0.4, 0.5) is 0 Å². The normalized spacial score (nSPS) is 20.4. The molecule has 3 rings (SSSR count). The maximum Gasteiger partial charge on any atom is 0.258 e. The molecule has 0 radical (unpaired) electrons. The Morgan fingerprint density at radius 3 is 3.10 bits per heavy atom. The number of piperazine rings is 1. The quantitative estimate of drug-likeness (QED) is 0.878. The van der Waals surface area contributed by atoms with Gasteiger partial charge in [-0.25, -0.2) is 4.98 Å². The Kier molecular flexibility index (Phi) is 3.54. The third kappa shape index (κ3) is 2.73. The third-order valence-electron chi connectivity index (χ3n) is 3.70. The highest BCUT2D eigenvalue weighted by atomic mass is 16.1. The van der Waals surface area contributed by atoms with Gasteiger partial charge in [-0.05, 0) is 25.5 Å². The molecular weight excluding hydrogens is 252 g/mol. The summed E-state index contributed by atoms with van der Waals surface area (Å²) < 4.78 is 1.61. The molecule has 5 heteroatoms. The minimum atomic E-state index is -0.00289. The van der Waals surface area contributed by atoms with E-state index >= 15 is 0 Å². The number of hydrogen-bond acceptors (Lipinski definition) is 4. The molecular formula is C15H20N4O. The van der Waals surface area contributed by atoms with Crippen LogP contribution in [0.25, 0.3) is 5.65 Å². The van der Waals surface area contributed by atoms with Crippen molar-refractivity contribution in [1.29, 1.82) is 0 Å². The summed E-state index contributed by atoms with van der Waals surface area (Å²) in [5.41, 5.74) is 2.64. The van der Waals surface area contributed by atoms with Crippen molar-refractivity contribution in [2.75, 3.05) is 19.6 Å². The number of nitrogens with one attached hydrogen (secondary N) is 1. The first kappa shape index (κ1) is 13.3. The number of pyridine rings is 1. The average Bonchev–Trinajstić information content (AvgIpc) is 2.40. The summed E-state index contributed by atoms with van der Waals surface area (Å²) in [6.07, 6.45) is 1.83. The molecule has 1 unspecified atom stereocenters. The summed E-state index contributed by atoms with van der Waals surface area (Å²) in [7, 11) is 0. The van der Waals surface area contributed by atoms with E-state index < -0.39 is 0 Å². The summed E-state index contributed by atoms with van der Waals surface area (Å²) in [4.78, 5) is 19.1. The van der Waals surface area contributed by atoms with Crippen LogP contribution >= 0.6 is 0 Å². The lowest BCUT2D eigenvalue weighted by Crippen LogP contribution is -2.48. The van der Waals surface area contributed by atoms with Crippen molar-refractivity contribution in [3.05, 3.63) is 46.0 Å². The van der Waals surface area contributed by atoms with Crippen molar-refractivity contribution in [2.45, 2.75) is 26.4 Å². The summed E-state index contributed by atoms with van der Waals surface area (Å²) >= 11 is 0. The number of nitrogens with zero attached hydrogens (tertiary/aromatic N) is 3. The van der Waals surface area contributed by atoms with Crippen molar-refractivity contribution in [2.24, 2.45) is 0 Å². The van der Waals surface area contributed by atoms with Gasteiger partial charge >= 0.3 is 0 Å². The third-order valence-corrected chi connectivity index (χ3v) is 3.70. The largest absolute Gasteiger partial charge is 0.312 e. The Morgan fingerprint density at radius 1 is 1.45 bits per heavy atom. The van der Waals surface area contributed by atoms with Gasteiger partial charge in [0.05, 0.1) is 5.69 Å². The van der Waals surface area contributed by atoms with Gasteiger partial charge in [0, 0.05) is 44.5 Å². The van der Waals surface area contributed by atoms with Crippen LogP contribution in [0, 0.1) is 6.92 Å². The van der Waals surface area contributed by atoms with Gasteiger partial charge in [0.2, 0.25) is 0 Å². The molecule has 1 saturated heterocycles. The second kappa shape index (κ2) is 5.34. The number of hydrogen-bond donors (Lipinski definition) is 1. The van der Waals surface area contributed by atoms with Crippen molar-refractivity contribution < 1.29 is 0 Å². The van der Waals surface area contributed by atoms with Crippen LogP contribution in [-0.2, 0) is 6.54 Å². The lowest BCUT2D eigenvalue weighted by atomic mass is 10.2. The standard InChI is InChI=1S/C15H20N4O/c1-11-3-4-14-17-13(7-15(20)19(14)8-11)10-18-6-5-16-12(2)9-18/h3-4,7-8,12,16H,5-6,9-10H2,1-2H3. The zero-order valence-electron chi connectivity index (χ0n) is 12.0. The number of aromatic nitrogens is 2. The molecule has 1 aliphatic rings. The fourth-order valence-electron chi connectivity index (χ4n) is 2.72. The Morgan fingerprint density at radius 2 is 2.30 bits per heavy atom. The molecule has 0 aliphatic carbocycles. The molecule has 2 aromatic heterocycles. The predicted molar refractivity (Wildman–Crippen MR) is 78.9 cm³/mol. The van der Waals surface area contributed by atoms with Crippen molar-refractivity contribution in [1.82, 2.24) is 19.6 Å². The highest BCUT2D eigenvalue weighted by Gasteiger charge is 2.16. The highest BCUT2D eigenvalue weighted by molar-refractivity contribution is 5.39. The number of aryl methyl sites for hydroxylation is 1. The van der Waals surface area contributed by atoms with Gasteiger partial charge in [0.15, 0.2) is 0 Å². The summed E-state index contributed by atoms with van der Waals surface area (Å²) in [6.45, 7) is 7.88. The Balaban J connectivity index is 1.89. The summed E-state index contributed by atoms with van der Waals surface area (Å²) in [5, 5.41) is 3.42. The van der Waals surface area contributed by atoms with E-state index in [4.69, 9.17) is 0 Å². The lowest BCUT2D eigenvalue weighted by molar-refractivity contribution is 0.197. The fourth-order valence-corrected chi connectivity index (χ4v) is 2.72. The van der Waals surface area contributed by atoms with E-state index in [0.29, 0.717) is 6.04 Å². The first-order valence-electron chi connectivity index (χ1n) is 7.06. The summed E-state index contributed by atoms with van der Waals surface area (Å²) in [6, 6.07) is 6.03. The first-order chi connectivity index (χ1) is 9.61. The van der Waals surface area contributed by atoms with Crippen LogP contribution in [0.5, 0.6) is 0 Å². The minimum absolute atomic E-state index is 0.00289. The van der Waals surface area contributed by atoms with Crippen molar-refractivity contribution >= 4 is 5.65 Å². The molecule has 1 aliphatic heterocycles. The van der Waals surface area contributed by atoms with Gasteiger partial charge < -0.3 is 5.32 Å². The molecule has 106 valence electrons. The monoisotopic (exact) mass is 272 g/mol. The van der Waals surface area contributed by atoms with E-state index in [-0.39, 0.29) is 5.56 Å². The van der Waals surface area contributed by atoms with E-state index in [0.717, 1.165) is 43.1 Å². The molecule has 1 atom stereocenters. The van der Waals surface area contributed by atoms with E-state index in [1.807, 2.05) is 25.3 Å². The molecule has 0 spiro atoms. The molecule has 2 aromatic rings. The van der Waals surface area contributed by atoms with E-state index in [1.54, 1.807) is 10.5 Å². The van der Waals surface area contributed by atoms with E-state index in [9.17, 15) is 4.79 Å². The van der Waals surface area contributed by atoms with E-state index in [1.165, 1.54) is 0 Å². The van der Waals surface area contributed by atoms with Crippen LogP contribution in [0.15, 0.2) is 29.2 Å². The van der Waals surface area contributed by atoms with Crippen LogP contribution in [0.2, 0.25) is 0 Å². The maximum atomic E-state index is 12.1. The highest BCUT2D eigenvalue weighted by Crippen LogP contribution is 2.07. The van der Waals surface area contributed by atoms with E-state index in [2.05, 4.69) is 22.1 Å². The summed E-state index contributed by atoms with van der Waals surface area (Å²) in [5.74, 6) is 0. The van der Waals surface area contributed by atoms with Crippen molar-refractivity contribution in [3.8, 4) is 0 Å². The molecule has 20 heavy (non-hydrogen) atoms. The van der Waals surface area contributed by atoms with Crippen LogP contribution in [0.3, 0.4) is 0 Å². The fraction of sp³-hybridized carbons (Fsp3) is 0.467. The zero-order valence-corrected chi connectivity index (χ0v) is 12.0. The Labute approximate surface area is 118 Å². The molecule has 0 amide bonds. The molecule has 5 nitrogen and oxygen atoms in total. The second-order valence-electron chi connectivity index (χ2n) is 5.61. The number of rotatable bonds is 2. The molecule has 0 aromatic carbocycles. The predicted octanol–water partition coefficient (Wildman–Crippen LogP) is 0.797. The minimum Gasteiger partial charge on any atom is -0.312 e. The van der Waals surface area contributed by atoms with Crippen LogP contribution in [0.1, 0.15) is 18.2 Å². The molecule has 0 bridgehead atoms. The number of fused-ring (bicyclic) bond motifs is 1. The van der Waals surface area contributed by atoms with Crippen molar-refractivity contribution in [3.63, 3.8) is 0 Å². The van der Waals surface area contributed by atoms with Gasteiger partial charge in [-0.3, -0.25) is 14.1 Å². The molecule has 3 heterocycles. The maximum absolute atomic E-state index is 12.1. The SMILES string of the molecule is Cc1ccc2nc(CN3CCNC(C)C3)cc(=O)n2c1. The average molecular weight is 272 g/mol. The molecule has 1 N–H and O–H groups in total. The van der Waals surface area contributed by atoms with Gasteiger partial charge in [0.1, 0.15) is 5.65 Å². The second-order valence-corrected chi connectivity index (χ2v) is 5.61. The Hall–Kier alpha value is -1.72. The van der Waals surface area contributed by atoms with Crippen LogP contribution < -0.4 is 10.9 Å². The van der Waals surface area contributed by atoms with Gasteiger partial charge in [0.25, 0.3) is 5.56 Å². The lowest BCUT2D eigenvalue weighted by Gasteiger charge is -2.31. The van der Waals surface area contributed by atoms with Gasteiger partial charge in [-0.1, -0.05) is 6.07 Å². The molecule has 0 saturated carbocycles. The topological polar surface area (TPSA) is 49.6 Å². The van der Waals surface area contributed by atoms with Crippen LogP contribution in [-0.4, -0.2) is 40.0 Å². The first-order valence-corrected chi connectivity index (χ1v) is 7.06. The Bertz CT molecular complexity index is 679. The zero-order chi connectivity index (χ0) is 14.1. The van der Waals surface area contributed by atoms with Gasteiger partial charge in [-0.15, -0.1) is 0 Å². The smallest absolute Gasteiger partial charge is 0.258 e. The van der Waals surface area contributed by atoms with Gasteiger partial charge in [-0.2, -0.15) is 0 Å².